The highest BCUT2D eigenvalue weighted by Gasteiger charge is 2.19. The lowest BCUT2D eigenvalue weighted by Gasteiger charge is -2.32. The summed E-state index contributed by atoms with van der Waals surface area (Å²) in [7, 11) is 0. The molecule has 0 spiro atoms. The fourth-order valence-corrected chi connectivity index (χ4v) is 2.96. The fourth-order valence-electron chi connectivity index (χ4n) is 2.96. The van der Waals surface area contributed by atoms with Gasteiger partial charge in [0.1, 0.15) is 0 Å². The molecule has 7 heteroatoms. The molecule has 0 unspecified atom stereocenters. The number of aliphatic hydroxyl groups excluding tert-OH is 1. The molecule has 1 fully saturated rings. The van der Waals surface area contributed by atoms with Gasteiger partial charge in [-0.2, -0.15) is 0 Å². The molecule has 1 amide bonds. The summed E-state index contributed by atoms with van der Waals surface area (Å²) in [5.41, 5.74) is 1.98. The molecule has 2 aromatic carbocycles. The second-order valence-electron chi connectivity index (χ2n) is 6.27. The smallest absolute Gasteiger partial charge is 0.243 e. The highest BCUT2D eigenvalue weighted by atomic mass is 19.2. The number of benzene rings is 2. The number of halogens is 2. The molecule has 26 heavy (non-hydrogen) atoms. The van der Waals surface area contributed by atoms with Gasteiger partial charge < -0.3 is 20.6 Å². The van der Waals surface area contributed by atoms with Crippen LogP contribution in [0.15, 0.2) is 42.5 Å². The lowest BCUT2D eigenvalue weighted by molar-refractivity contribution is -0.114. The molecule has 1 aliphatic rings. The molecule has 0 aliphatic carbocycles. The van der Waals surface area contributed by atoms with E-state index in [1.165, 1.54) is 6.07 Å². The Hall–Kier alpha value is -2.67. The van der Waals surface area contributed by atoms with E-state index < -0.39 is 11.6 Å². The van der Waals surface area contributed by atoms with E-state index >= 15 is 0 Å². The number of hydrogen-bond donors (Lipinski definition) is 3. The summed E-state index contributed by atoms with van der Waals surface area (Å²) in [5.74, 6) is -2.32. The van der Waals surface area contributed by atoms with Gasteiger partial charge in [-0.1, -0.05) is 12.1 Å². The zero-order valence-electron chi connectivity index (χ0n) is 14.2. The van der Waals surface area contributed by atoms with Crippen LogP contribution in [-0.4, -0.2) is 36.8 Å². The Kier molecular flexibility index (Phi) is 5.68. The average molecular weight is 361 g/mol. The minimum atomic E-state index is -1.01. The second-order valence-corrected chi connectivity index (χ2v) is 6.27. The van der Waals surface area contributed by atoms with Crippen LogP contribution in [0.2, 0.25) is 0 Å². The molecule has 2 aromatic rings. The highest BCUT2D eigenvalue weighted by molar-refractivity contribution is 5.94. The van der Waals surface area contributed by atoms with Crippen LogP contribution in [-0.2, 0) is 4.79 Å². The fraction of sp³-hybridized carbons (Fsp3) is 0.316. The van der Waals surface area contributed by atoms with Crippen LogP contribution < -0.4 is 15.5 Å². The predicted molar refractivity (Wildman–Crippen MR) is 97.4 cm³/mol. The van der Waals surface area contributed by atoms with Crippen molar-refractivity contribution in [3.63, 3.8) is 0 Å². The van der Waals surface area contributed by atoms with Gasteiger partial charge in [-0.15, -0.1) is 0 Å². The van der Waals surface area contributed by atoms with E-state index in [1.54, 1.807) is 0 Å². The maximum atomic E-state index is 13.2. The van der Waals surface area contributed by atoms with Crippen molar-refractivity contribution < 1.29 is 18.7 Å². The molecule has 3 rings (SSSR count). The number of nitrogens with zero attached hydrogens (tertiary/aromatic N) is 1. The minimum Gasteiger partial charge on any atom is -0.393 e. The van der Waals surface area contributed by atoms with Crippen molar-refractivity contribution in [1.82, 2.24) is 0 Å². The molecule has 3 N–H and O–H groups in total. The van der Waals surface area contributed by atoms with E-state index in [0.29, 0.717) is 12.8 Å². The maximum absolute atomic E-state index is 13.2. The van der Waals surface area contributed by atoms with Gasteiger partial charge in [-0.25, -0.2) is 8.78 Å². The molecule has 5 nitrogen and oxygen atoms in total. The van der Waals surface area contributed by atoms with Gasteiger partial charge in [-0.3, -0.25) is 4.79 Å². The number of aliphatic hydroxyl groups is 1. The third-order valence-corrected chi connectivity index (χ3v) is 4.35. The van der Waals surface area contributed by atoms with Crippen LogP contribution in [0, 0.1) is 11.6 Å². The first-order chi connectivity index (χ1) is 12.5. The van der Waals surface area contributed by atoms with Gasteiger partial charge in [0.25, 0.3) is 0 Å². The van der Waals surface area contributed by atoms with Crippen LogP contribution in [0.4, 0.5) is 25.8 Å². The van der Waals surface area contributed by atoms with Crippen LogP contribution >= 0.6 is 0 Å². The van der Waals surface area contributed by atoms with Gasteiger partial charge >= 0.3 is 0 Å². The normalized spacial score (nSPS) is 15.0. The van der Waals surface area contributed by atoms with Crippen molar-refractivity contribution in [2.75, 3.05) is 35.2 Å². The Morgan fingerprint density at radius 2 is 1.85 bits per heavy atom. The number of carbonyl (C=O) groups excluding carboxylic acids is 1. The average Bonchev–Trinajstić information content (AvgIpc) is 2.64. The van der Waals surface area contributed by atoms with Gasteiger partial charge in [0.05, 0.1) is 24.0 Å². The monoisotopic (exact) mass is 361 g/mol. The van der Waals surface area contributed by atoms with Crippen molar-refractivity contribution in [2.45, 2.75) is 18.9 Å². The molecule has 1 saturated heterocycles. The third-order valence-electron chi connectivity index (χ3n) is 4.35. The number of carbonyl (C=O) groups is 1. The summed E-state index contributed by atoms with van der Waals surface area (Å²) in [4.78, 5) is 14.2. The van der Waals surface area contributed by atoms with Gasteiger partial charge in [-0.05, 0) is 37.1 Å². The molecule has 1 aliphatic heterocycles. The molecule has 138 valence electrons. The van der Waals surface area contributed by atoms with Crippen molar-refractivity contribution in [3.8, 4) is 0 Å². The van der Waals surface area contributed by atoms with E-state index in [2.05, 4.69) is 15.5 Å². The van der Waals surface area contributed by atoms with Gasteiger partial charge in [0.2, 0.25) is 5.91 Å². The Morgan fingerprint density at radius 3 is 2.58 bits per heavy atom. The van der Waals surface area contributed by atoms with E-state index in [-0.39, 0.29) is 24.2 Å². The van der Waals surface area contributed by atoms with Crippen LogP contribution in [0.5, 0.6) is 0 Å². The first kappa shape index (κ1) is 18.1. The zero-order valence-corrected chi connectivity index (χ0v) is 14.2. The molecular formula is C19H21F2N3O2. The van der Waals surface area contributed by atoms with Crippen molar-refractivity contribution >= 4 is 23.0 Å². The standard InChI is InChI=1S/C19H21F2N3O2/c20-15-6-5-13(11-16(15)21)23-19(26)12-22-17-3-1-2-4-18(17)24-9-7-14(25)8-10-24/h1-6,11,14,22,25H,7-10,12H2,(H,23,26). The number of hydrogen-bond acceptors (Lipinski definition) is 4. The Balaban J connectivity index is 1.60. The summed E-state index contributed by atoms with van der Waals surface area (Å²) in [6, 6.07) is 10.9. The molecule has 0 aromatic heterocycles. The van der Waals surface area contributed by atoms with Crippen molar-refractivity contribution in [3.05, 3.63) is 54.1 Å². The second kappa shape index (κ2) is 8.14. The Labute approximate surface area is 150 Å². The number of rotatable bonds is 5. The van der Waals surface area contributed by atoms with E-state index in [9.17, 15) is 18.7 Å². The number of para-hydroxylation sites is 2. The molecule has 0 bridgehead atoms. The summed E-state index contributed by atoms with van der Waals surface area (Å²) in [6.45, 7) is 1.49. The molecular weight excluding hydrogens is 340 g/mol. The summed E-state index contributed by atoms with van der Waals surface area (Å²) in [5, 5.41) is 15.3. The van der Waals surface area contributed by atoms with Crippen LogP contribution in [0.1, 0.15) is 12.8 Å². The summed E-state index contributed by atoms with van der Waals surface area (Å²) < 4.78 is 26.1. The van der Waals surface area contributed by atoms with Gasteiger partial charge in [0.15, 0.2) is 11.6 Å². The van der Waals surface area contributed by atoms with Gasteiger partial charge in [0, 0.05) is 24.8 Å². The Bertz CT molecular complexity index is 777. The topological polar surface area (TPSA) is 64.6 Å². The first-order valence-corrected chi connectivity index (χ1v) is 8.54. The molecule has 0 atom stereocenters. The Morgan fingerprint density at radius 1 is 1.12 bits per heavy atom. The quantitative estimate of drug-likeness (QED) is 0.766. The lowest BCUT2D eigenvalue weighted by Crippen LogP contribution is -2.36. The number of piperidine rings is 1. The minimum absolute atomic E-state index is 0.00747. The van der Waals surface area contributed by atoms with E-state index in [0.717, 1.165) is 36.6 Å². The van der Waals surface area contributed by atoms with Crippen molar-refractivity contribution in [1.29, 1.82) is 0 Å². The van der Waals surface area contributed by atoms with Crippen molar-refractivity contribution in [2.24, 2.45) is 0 Å². The third kappa shape index (κ3) is 4.49. The number of nitrogens with one attached hydrogen (secondary N) is 2. The SMILES string of the molecule is O=C(CNc1ccccc1N1CCC(O)CC1)Nc1ccc(F)c(F)c1. The highest BCUT2D eigenvalue weighted by Crippen LogP contribution is 2.28. The van der Waals surface area contributed by atoms with E-state index in [1.807, 2.05) is 24.3 Å². The maximum Gasteiger partial charge on any atom is 0.243 e. The largest absolute Gasteiger partial charge is 0.393 e. The van der Waals surface area contributed by atoms with E-state index in [4.69, 9.17) is 0 Å². The lowest BCUT2D eigenvalue weighted by atomic mass is 10.1. The summed E-state index contributed by atoms with van der Waals surface area (Å²) >= 11 is 0. The number of anilines is 3. The van der Waals surface area contributed by atoms with Crippen LogP contribution in [0.3, 0.4) is 0 Å². The zero-order chi connectivity index (χ0) is 18.5. The molecule has 1 heterocycles. The molecule has 0 radical (unpaired) electrons. The molecule has 0 saturated carbocycles. The number of amides is 1. The first-order valence-electron chi connectivity index (χ1n) is 8.54. The summed E-state index contributed by atoms with van der Waals surface area (Å²) in [6.07, 6.45) is 1.17. The predicted octanol–water partition coefficient (Wildman–Crippen LogP) is 2.98. The van der Waals surface area contributed by atoms with Crippen LogP contribution in [0.25, 0.3) is 0 Å².